The van der Waals surface area contributed by atoms with Gasteiger partial charge in [-0.1, -0.05) is 0 Å². The van der Waals surface area contributed by atoms with Crippen molar-refractivity contribution >= 4 is 17.4 Å². The van der Waals surface area contributed by atoms with Crippen molar-refractivity contribution in [3.63, 3.8) is 0 Å². The van der Waals surface area contributed by atoms with E-state index in [4.69, 9.17) is 10.5 Å². The first kappa shape index (κ1) is 15.4. The summed E-state index contributed by atoms with van der Waals surface area (Å²) in [7, 11) is 0. The van der Waals surface area contributed by atoms with Gasteiger partial charge in [0.25, 0.3) is 5.91 Å². The lowest BCUT2D eigenvalue weighted by Crippen LogP contribution is -2.43. The molecule has 2 N–H and O–H groups in total. The number of nitrogens with two attached hydrogens (primary N) is 1. The minimum Gasteiger partial charge on any atom is -0.480 e. The molecule has 1 fully saturated rings. The molecule has 1 unspecified atom stereocenters. The van der Waals surface area contributed by atoms with Crippen LogP contribution >= 0.6 is 0 Å². The summed E-state index contributed by atoms with van der Waals surface area (Å²) in [5, 5.41) is 0. The van der Waals surface area contributed by atoms with Gasteiger partial charge in [-0.05, 0) is 51.3 Å². The van der Waals surface area contributed by atoms with Crippen molar-refractivity contribution < 1.29 is 14.3 Å². The molecule has 114 valence electrons. The number of ketones is 1. The van der Waals surface area contributed by atoms with Gasteiger partial charge in [0.15, 0.2) is 11.9 Å². The number of piperidine rings is 1. The van der Waals surface area contributed by atoms with Crippen LogP contribution in [0.15, 0.2) is 18.2 Å². The first-order valence-electron chi connectivity index (χ1n) is 7.35. The smallest absolute Gasteiger partial charge is 0.263 e. The third kappa shape index (κ3) is 3.74. The van der Waals surface area contributed by atoms with Crippen LogP contribution in [0.25, 0.3) is 0 Å². The first-order chi connectivity index (χ1) is 9.99. The topological polar surface area (TPSA) is 72.6 Å². The first-order valence-corrected chi connectivity index (χ1v) is 7.35. The summed E-state index contributed by atoms with van der Waals surface area (Å²) in [6, 6.07) is 4.89. The molecule has 5 heteroatoms. The fourth-order valence-electron chi connectivity index (χ4n) is 2.54. The maximum atomic E-state index is 12.3. The number of hydrogen-bond donors (Lipinski definition) is 1. The van der Waals surface area contributed by atoms with E-state index in [9.17, 15) is 9.59 Å². The highest BCUT2D eigenvalue weighted by atomic mass is 16.5. The second-order valence-electron chi connectivity index (χ2n) is 5.46. The zero-order chi connectivity index (χ0) is 15.4. The Morgan fingerprint density at radius 3 is 2.52 bits per heavy atom. The molecular formula is C16H22N2O3. The van der Waals surface area contributed by atoms with Crippen molar-refractivity contribution in [3.8, 4) is 5.75 Å². The largest absolute Gasteiger partial charge is 0.480 e. The van der Waals surface area contributed by atoms with Gasteiger partial charge in [0.05, 0.1) is 5.56 Å². The van der Waals surface area contributed by atoms with Crippen molar-refractivity contribution in [3.05, 3.63) is 23.8 Å². The molecule has 1 saturated heterocycles. The van der Waals surface area contributed by atoms with Crippen LogP contribution in [0.3, 0.4) is 0 Å². The van der Waals surface area contributed by atoms with Crippen LogP contribution in [-0.2, 0) is 4.79 Å². The lowest BCUT2D eigenvalue weighted by Gasteiger charge is -2.29. The molecule has 0 aliphatic carbocycles. The molecule has 0 saturated carbocycles. The Bertz CT molecular complexity index is 536. The normalized spacial score (nSPS) is 16.4. The van der Waals surface area contributed by atoms with Gasteiger partial charge in [0.2, 0.25) is 0 Å². The van der Waals surface area contributed by atoms with E-state index in [1.807, 2.05) is 4.90 Å². The zero-order valence-corrected chi connectivity index (χ0v) is 12.6. The van der Waals surface area contributed by atoms with E-state index in [1.54, 1.807) is 25.1 Å². The van der Waals surface area contributed by atoms with Crippen LogP contribution in [0.2, 0.25) is 0 Å². The SMILES string of the molecule is CC(=O)c1cc(N)ccc1OC(C)C(=O)N1CCCCC1. The predicted octanol–water partition coefficient (Wildman–Crippen LogP) is 2.25. The van der Waals surface area contributed by atoms with Crippen molar-refractivity contribution in [2.75, 3.05) is 18.8 Å². The van der Waals surface area contributed by atoms with E-state index < -0.39 is 6.10 Å². The van der Waals surface area contributed by atoms with E-state index in [1.165, 1.54) is 13.3 Å². The standard InChI is InChI=1S/C16H22N2O3/c1-11(19)14-10-13(17)6-7-15(14)21-12(2)16(20)18-8-4-3-5-9-18/h6-7,10,12H,3-5,8-9,17H2,1-2H3. The Balaban J connectivity index is 2.10. The number of carbonyl (C=O) groups is 2. The summed E-state index contributed by atoms with van der Waals surface area (Å²) in [5.74, 6) is 0.255. The molecule has 21 heavy (non-hydrogen) atoms. The van der Waals surface area contributed by atoms with Gasteiger partial charge < -0.3 is 15.4 Å². The number of likely N-dealkylation sites (tertiary alicyclic amines) is 1. The predicted molar refractivity (Wildman–Crippen MR) is 81.4 cm³/mol. The van der Waals surface area contributed by atoms with E-state index in [-0.39, 0.29) is 11.7 Å². The minimum absolute atomic E-state index is 0.0268. The third-order valence-electron chi connectivity index (χ3n) is 3.70. The van der Waals surface area contributed by atoms with Gasteiger partial charge in [-0.3, -0.25) is 9.59 Å². The lowest BCUT2D eigenvalue weighted by molar-refractivity contribution is -0.138. The summed E-state index contributed by atoms with van der Waals surface area (Å²) in [4.78, 5) is 25.8. The maximum absolute atomic E-state index is 12.3. The van der Waals surface area contributed by atoms with E-state index in [0.29, 0.717) is 17.0 Å². The molecule has 1 aromatic carbocycles. The van der Waals surface area contributed by atoms with Crippen LogP contribution in [0.4, 0.5) is 5.69 Å². The van der Waals surface area contributed by atoms with Gasteiger partial charge in [0.1, 0.15) is 5.75 Å². The number of Topliss-reactive ketones (excluding diaryl/α,β-unsaturated/α-hetero) is 1. The molecule has 5 nitrogen and oxygen atoms in total. The quantitative estimate of drug-likeness (QED) is 0.682. The monoisotopic (exact) mass is 290 g/mol. The summed E-state index contributed by atoms with van der Waals surface area (Å²) >= 11 is 0. The number of anilines is 1. The highest BCUT2D eigenvalue weighted by Crippen LogP contribution is 2.24. The van der Waals surface area contributed by atoms with Crippen molar-refractivity contribution in [1.82, 2.24) is 4.90 Å². The number of nitrogen functional groups attached to an aromatic ring is 1. The van der Waals surface area contributed by atoms with Crippen LogP contribution in [-0.4, -0.2) is 35.8 Å². The second kappa shape index (κ2) is 6.61. The molecule has 0 radical (unpaired) electrons. The number of amides is 1. The highest BCUT2D eigenvalue weighted by molar-refractivity contribution is 5.97. The Morgan fingerprint density at radius 1 is 1.24 bits per heavy atom. The third-order valence-corrected chi connectivity index (χ3v) is 3.70. The molecule has 1 aliphatic heterocycles. The van der Waals surface area contributed by atoms with Gasteiger partial charge in [-0.15, -0.1) is 0 Å². The van der Waals surface area contributed by atoms with E-state index in [2.05, 4.69) is 0 Å². The van der Waals surface area contributed by atoms with Crippen molar-refractivity contribution in [2.24, 2.45) is 0 Å². The molecule has 2 rings (SSSR count). The Hall–Kier alpha value is -2.04. The van der Waals surface area contributed by atoms with Gasteiger partial charge in [0, 0.05) is 18.8 Å². The Labute approximate surface area is 125 Å². The molecule has 0 spiro atoms. The number of hydrogen-bond acceptors (Lipinski definition) is 4. The highest BCUT2D eigenvalue weighted by Gasteiger charge is 2.24. The van der Waals surface area contributed by atoms with Crippen LogP contribution < -0.4 is 10.5 Å². The molecule has 1 amide bonds. The summed E-state index contributed by atoms with van der Waals surface area (Å²) in [6.45, 7) is 4.75. The molecule has 1 aliphatic rings. The van der Waals surface area contributed by atoms with Crippen molar-refractivity contribution in [1.29, 1.82) is 0 Å². The number of benzene rings is 1. The number of carbonyl (C=O) groups excluding carboxylic acids is 2. The average Bonchev–Trinajstić information content (AvgIpc) is 2.49. The number of nitrogens with zero attached hydrogens (tertiary/aromatic N) is 1. The summed E-state index contributed by atoms with van der Waals surface area (Å²) < 4.78 is 5.71. The van der Waals surface area contributed by atoms with Gasteiger partial charge in [-0.25, -0.2) is 0 Å². The fraction of sp³-hybridized carbons (Fsp3) is 0.500. The maximum Gasteiger partial charge on any atom is 0.263 e. The molecule has 0 aromatic heterocycles. The molecular weight excluding hydrogens is 268 g/mol. The second-order valence-corrected chi connectivity index (χ2v) is 5.46. The molecule has 0 bridgehead atoms. The molecule has 1 aromatic rings. The fourth-order valence-corrected chi connectivity index (χ4v) is 2.54. The average molecular weight is 290 g/mol. The van der Waals surface area contributed by atoms with Crippen molar-refractivity contribution in [2.45, 2.75) is 39.2 Å². The summed E-state index contributed by atoms with van der Waals surface area (Å²) in [5.41, 5.74) is 6.60. The van der Waals surface area contributed by atoms with Crippen LogP contribution in [0.1, 0.15) is 43.5 Å². The summed E-state index contributed by atoms with van der Waals surface area (Å²) in [6.07, 6.45) is 2.65. The minimum atomic E-state index is -0.607. The number of rotatable bonds is 4. The van der Waals surface area contributed by atoms with Gasteiger partial charge in [-0.2, -0.15) is 0 Å². The van der Waals surface area contributed by atoms with E-state index >= 15 is 0 Å². The molecule has 1 heterocycles. The Kier molecular flexibility index (Phi) is 4.83. The van der Waals surface area contributed by atoms with Crippen LogP contribution in [0.5, 0.6) is 5.75 Å². The lowest BCUT2D eigenvalue weighted by atomic mass is 10.1. The van der Waals surface area contributed by atoms with Crippen LogP contribution in [0, 0.1) is 0 Å². The Morgan fingerprint density at radius 2 is 1.90 bits per heavy atom. The number of ether oxygens (including phenoxy) is 1. The zero-order valence-electron chi connectivity index (χ0n) is 12.6. The van der Waals surface area contributed by atoms with Gasteiger partial charge >= 0.3 is 0 Å². The van der Waals surface area contributed by atoms with E-state index in [0.717, 1.165) is 25.9 Å². The molecule has 1 atom stereocenters.